The van der Waals surface area contributed by atoms with Crippen LogP contribution in [0.3, 0.4) is 0 Å². The van der Waals surface area contributed by atoms with Crippen LogP contribution < -0.4 is 10.5 Å². The van der Waals surface area contributed by atoms with Gasteiger partial charge in [-0.15, -0.1) is 0 Å². The molecule has 106 valence electrons. The Labute approximate surface area is 111 Å². The average Bonchev–Trinajstić information content (AvgIpc) is 3.15. The summed E-state index contributed by atoms with van der Waals surface area (Å²) in [5.41, 5.74) is 5.57. The average molecular weight is 290 g/mol. The van der Waals surface area contributed by atoms with Crippen molar-refractivity contribution in [1.82, 2.24) is 4.72 Å². The Hall–Kier alpha value is -1.05. The van der Waals surface area contributed by atoms with Crippen LogP contribution in [0.4, 0.5) is 8.78 Å². The smallest absolute Gasteiger partial charge is 0.243 e. The third-order valence-electron chi connectivity index (χ3n) is 3.25. The number of hydrogen-bond donors (Lipinski definition) is 2. The number of benzene rings is 1. The molecule has 1 aliphatic carbocycles. The van der Waals surface area contributed by atoms with Crippen molar-refractivity contribution in [1.29, 1.82) is 0 Å². The Morgan fingerprint density at radius 3 is 2.58 bits per heavy atom. The Morgan fingerprint density at radius 1 is 1.42 bits per heavy atom. The molecule has 0 amide bonds. The van der Waals surface area contributed by atoms with E-state index < -0.39 is 26.6 Å². The molecular weight excluding hydrogens is 274 g/mol. The number of hydrogen-bond acceptors (Lipinski definition) is 3. The summed E-state index contributed by atoms with van der Waals surface area (Å²) in [5.74, 6) is -2.30. The van der Waals surface area contributed by atoms with Crippen molar-refractivity contribution in [2.24, 2.45) is 11.7 Å². The van der Waals surface area contributed by atoms with E-state index in [0.717, 1.165) is 25.0 Å². The maximum Gasteiger partial charge on any atom is 0.243 e. The van der Waals surface area contributed by atoms with Crippen molar-refractivity contribution in [2.45, 2.75) is 37.2 Å². The van der Waals surface area contributed by atoms with E-state index in [-0.39, 0.29) is 24.1 Å². The van der Waals surface area contributed by atoms with E-state index in [0.29, 0.717) is 0 Å². The molecule has 1 atom stereocenters. The normalized spacial score (nSPS) is 17.5. The van der Waals surface area contributed by atoms with E-state index in [4.69, 9.17) is 5.73 Å². The molecule has 7 heteroatoms. The van der Waals surface area contributed by atoms with Gasteiger partial charge in [0.25, 0.3) is 0 Å². The van der Waals surface area contributed by atoms with Gasteiger partial charge in [-0.3, -0.25) is 0 Å². The molecule has 0 saturated heterocycles. The Kier molecular flexibility index (Phi) is 3.89. The highest BCUT2D eigenvalue weighted by Gasteiger charge is 2.32. The van der Waals surface area contributed by atoms with Crippen molar-refractivity contribution in [3.05, 3.63) is 29.3 Å². The van der Waals surface area contributed by atoms with Crippen LogP contribution in [0, 0.1) is 17.6 Å². The lowest BCUT2D eigenvalue weighted by Gasteiger charge is -2.14. The molecule has 19 heavy (non-hydrogen) atoms. The molecule has 0 aromatic heterocycles. The van der Waals surface area contributed by atoms with Gasteiger partial charge in [0.05, 0.1) is 0 Å². The summed E-state index contributed by atoms with van der Waals surface area (Å²) in [4.78, 5) is -0.680. The fourth-order valence-electron chi connectivity index (χ4n) is 1.93. The summed E-state index contributed by atoms with van der Waals surface area (Å²) in [6, 6.07) is 1.69. The molecule has 1 saturated carbocycles. The van der Waals surface area contributed by atoms with Gasteiger partial charge in [-0.05, 0) is 43.4 Å². The molecule has 0 aliphatic heterocycles. The van der Waals surface area contributed by atoms with Crippen molar-refractivity contribution < 1.29 is 17.2 Å². The maximum atomic E-state index is 13.6. The standard InChI is InChI=1S/C12H16F2N2O2S/c1-7(9-2-3-9)16-19(17,18)11-5-8(6-15)4-10(13)12(11)14/h4-5,7,9,16H,2-3,6,15H2,1H3. The molecule has 1 fully saturated rings. The highest BCUT2D eigenvalue weighted by molar-refractivity contribution is 7.89. The van der Waals surface area contributed by atoms with Crippen molar-refractivity contribution in [3.63, 3.8) is 0 Å². The van der Waals surface area contributed by atoms with Gasteiger partial charge in [0.1, 0.15) is 4.90 Å². The zero-order valence-electron chi connectivity index (χ0n) is 10.5. The second-order valence-corrected chi connectivity index (χ2v) is 6.52. The third kappa shape index (κ3) is 3.10. The highest BCUT2D eigenvalue weighted by Crippen LogP contribution is 2.33. The minimum atomic E-state index is -4.07. The van der Waals surface area contributed by atoms with E-state index in [1.807, 2.05) is 0 Å². The van der Waals surface area contributed by atoms with Crippen molar-refractivity contribution in [3.8, 4) is 0 Å². The van der Waals surface area contributed by atoms with Crippen LogP contribution in [-0.2, 0) is 16.6 Å². The van der Waals surface area contributed by atoms with E-state index in [1.54, 1.807) is 6.92 Å². The third-order valence-corrected chi connectivity index (χ3v) is 4.81. The van der Waals surface area contributed by atoms with Gasteiger partial charge in [-0.2, -0.15) is 0 Å². The summed E-state index contributed by atoms with van der Waals surface area (Å²) in [5, 5.41) is 0. The minimum Gasteiger partial charge on any atom is -0.326 e. The second kappa shape index (κ2) is 5.15. The fourth-order valence-corrected chi connectivity index (χ4v) is 3.38. The van der Waals surface area contributed by atoms with Crippen LogP contribution in [0.1, 0.15) is 25.3 Å². The molecule has 1 aromatic carbocycles. The maximum absolute atomic E-state index is 13.6. The highest BCUT2D eigenvalue weighted by atomic mass is 32.2. The monoisotopic (exact) mass is 290 g/mol. The first-order chi connectivity index (χ1) is 8.85. The molecule has 2 rings (SSSR count). The second-order valence-electron chi connectivity index (χ2n) is 4.84. The first-order valence-electron chi connectivity index (χ1n) is 6.05. The van der Waals surface area contributed by atoms with Gasteiger partial charge in [0.2, 0.25) is 10.0 Å². The van der Waals surface area contributed by atoms with Crippen LogP contribution in [0.5, 0.6) is 0 Å². The Balaban J connectivity index is 2.35. The zero-order chi connectivity index (χ0) is 14.2. The number of sulfonamides is 1. The van der Waals surface area contributed by atoms with Gasteiger partial charge in [0, 0.05) is 12.6 Å². The quantitative estimate of drug-likeness (QED) is 0.863. The molecule has 0 bridgehead atoms. The topological polar surface area (TPSA) is 72.2 Å². The minimum absolute atomic E-state index is 0.0576. The predicted octanol–water partition coefficient (Wildman–Crippen LogP) is 1.50. The van der Waals surface area contributed by atoms with E-state index >= 15 is 0 Å². The molecule has 0 heterocycles. The SMILES string of the molecule is CC(NS(=O)(=O)c1cc(CN)cc(F)c1F)C1CC1. The first kappa shape index (κ1) is 14.4. The summed E-state index contributed by atoms with van der Waals surface area (Å²) in [7, 11) is -4.07. The molecular formula is C12H16F2N2O2S. The molecule has 4 nitrogen and oxygen atoms in total. The van der Waals surface area contributed by atoms with Gasteiger partial charge in [-0.1, -0.05) is 0 Å². The fraction of sp³-hybridized carbons (Fsp3) is 0.500. The van der Waals surface area contributed by atoms with Gasteiger partial charge in [0.15, 0.2) is 11.6 Å². The Bertz CT molecular complexity index is 586. The van der Waals surface area contributed by atoms with Gasteiger partial charge in [-0.25, -0.2) is 21.9 Å². The lowest BCUT2D eigenvalue weighted by Crippen LogP contribution is -2.34. The first-order valence-corrected chi connectivity index (χ1v) is 7.54. The molecule has 3 N–H and O–H groups in total. The lowest BCUT2D eigenvalue weighted by atomic mass is 10.2. The van der Waals surface area contributed by atoms with E-state index in [9.17, 15) is 17.2 Å². The summed E-state index contributed by atoms with van der Waals surface area (Å²) in [6.07, 6.45) is 1.90. The van der Waals surface area contributed by atoms with Gasteiger partial charge < -0.3 is 5.73 Å². The van der Waals surface area contributed by atoms with Crippen LogP contribution in [0.15, 0.2) is 17.0 Å². The number of halogens is 2. The Morgan fingerprint density at radius 2 is 2.05 bits per heavy atom. The number of nitrogens with two attached hydrogens (primary N) is 1. The number of nitrogens with one attached hydrogen (secondary N) is 1. The van der Waals surface area contributed by atoms with E-state index in [2.05, 4.69) is 4.72 Å². The largest absolute Gasteiger partial charge is 0.326 e. The van der Waals surface area contributed by atoms with Crippen LogP contribution in [0.2, 0.25) is 0 Å². The van der Waals surface area contributed by atoms with Crippen LogP contribution in [-0.4, -0.2) is 14.5 Å². The lowest BCUT2D eigenvalue weighted by molar-refractivity contribution is 0.477. The van der Waals surface area contributed by atoms with E-state index in [1.165, 1.54) is 0 Å². The summed E-state index contributed by atoms with van der Waals surface area (Å²) >= 11 is 0. The molecule has 1 aliphatic rings. The molecule has 1 unspecified atom stereocenters. The molecule has 1 aromatic rings. The summed E-state index contributed by atoms with van der Waals surface area (Å²) in [6.45, 7) is 1.66. The summed E-state index contributed by atoms with van der Waals surface area (Å²) < 4.78 is 53.5. The zero-order valence-corrected chi connectivity index (χ0v) is 11.3. The van der Waals surface area contributed by atoms with Crippen molar-refractivity contribution >= 4 is 10.0 Å². The number of rotatable bonds is 5. The van der Waals surface area contributed by atoms with Gasteiger partial charge >= 0.3 is 0 Å². The van der Waals surface area contributed by atoms with Crippen molar-refractivity contribution in [2.75, 3.05) is 0 Å². The predicted molar refractivity (Wildman–Crippen MR) is 66.8 cm³/mol. The molecule has 0 spiro atoms. The van der Waals surface area contributed by atoms with Crippen LogP contribution >= 0.6 is 0 Å². The van der Waals surface area contributed by atoms with Crippen LogP contribution in [0.25, 0.3) is 0 Å². The molecule has 0 radical (unpaired) electrons.